The molecule has 0 aromatic rings. The van der Waals surface area contributed by atoms with Crippen molar-refractivity contribution in [3.63, 3.8) is 0 Å². The van der Waals surface area contributed by atoms with Gasteiger partial charge in [-0.25, -0.2) is 0 Å². The van der Waals surface area contributed by atoms with Crippen LogP contribution in [-0.4, -0.2) is 34.5 Å². The van der Waals surface area contributed by atoms with Gasteiger partial charge < -0.3 is 0 Å². The largest absolute Gasteiger partial charge is 0.294 e. The Morgan fingerprint density at radius 2 is 2.00 bits per heavy atom. The average Bonchev–Trinajstić information content (AvgIpc) is 2.37. The van der Waals surface area contributed by atoms with E-state index in [1.807, 2.05) is 0 Å². The zero-order valence-corrected chi connectivity index (χ0v) is 9.16. The van der Waals surface area contributed by atoms with E-state index in [1.165, 1.54) is 24.5 Å². The molecule has 2 fully saturated rings. The van der Waals surface area contributed by atoms with Crippen LogP contribution in [0, 0.1) is 5.92 Å². The van der Waals surface area contributed by atoms with Gasteiger partial charge in [0.2, 0.25) is 0 Å². The van der Waals surface area contributed by atoms with E-state index < -0.39 is 0 Å². The minimum absolute atomic E-state index is 0.393. The molecule has 0 aromatic heterocycles. The van der Waals surface area contributed by atoms with Crippen LogP contribution >= 0.6 is 11.8 Å². The van der Waals surface area contributed by atoms with Crippen LogP contribution in [0.1, 0.15) is 27.2 Å². The van der Waals surface area contributed by atoms with E-state index in [2.05, 4.69) is 37.4 Å². The molecule has 0 radical (unpaired) electrons. The zero-order chi connectivity index (χ0) is 8.77. The van der Waals surface area contributed by atoms with E-state index in [0.29, 0.717) is 5.54 Å². The lowest BCUT2D eigenvalue weighted by Gasteiger charge is -2.36. The zero-order valence-electron chi connectivity index (χ0n) is 8.34. The Kier molecular flexibility index (Phi) is 2.16. The summed E-state index contributed by atoms with van der Waals surface area (Å²) in [4.78, 5) is 2.71. The molecule has 0 aliphatic carbocycles. The molecule has 2 unspecified atom stereocenters. The second-order valence-electron chi connectivity index (χ2n) is 5.02. The van der Waals surface area contributed by atoms with Crippen LogP contribution in [0.5, 0.6) is 0 Å². The summed E-state index contributed by atoms with van der Waals surface area (Å²) in [5, 5.41) is 0. The average molecular weight is 185 g/mol. The smallest absolute Gasteiger partial charge is 0.0228 e. The number of hydrogen-bond acceptors (Lipinski definition) is 2. The standard InChI is InChI=1S/C10H19NS/c1-10(2,3)11-5-4-8-6-12-7-9(8)11/h8-9H,4-7H2,1-3H3. The van der Waals surface area contributed by atoms with Crippen LogP contribution in [0.15, 0.2) is 0 Å². The molecule has 2 heteroatoms. The van der Waals surface area contributed by atoms with Crippen LogP contribution in [0.2, 0.25) is 0 Å². The van der Waals surface area contributed by atoms with Gasteiger partial charge in [0.1, 0.15) is 0 Å². The van der Waals surface area contributed by atoms with Crippen molar-refractivity contribution < 1.29 is 0 Å². The predicted molar refractivity (Wildman–Crippen MR) is 55.7 cm³/mol. The van der Waals surface area contributed by atoms with Crippen molar-refractivity contribution >= 4 is 11.8 Å². The number of thioether (sulfide) groups is 1. The second-order valence-corrected chi connectivity index (χ2v) is 6.09. The Balaban J connectivity index is 2.09. The van der Waals surface area contributed by atoms with Crippen LogP contribution in [-0.2, 0) is 0 Å². The van der Waals surface area contributed by atoms with E-state index in [9.17, 15) is 0 Å². The second kappa shape index (κ2) is 2.91. The van der Waals surface area contributed by atoms with Crippen molar-refractivity contribution in [3.05, 3.63) is 0 Å². The molecule has 70 valence electrons. The van der Waals surface area contributed by atoms with Crippen LogP contribution < -0.4 is 0 Å². The van der Waals surface area contributed by atoms with Gasteiger partial charge in [-0.05, 0) is 45.4 Å². The minimum atomic E-state index is 0.393. The number of hydrogen-bond donors (Lipinski definition) is 0. The van der Waals surface area contributed by atoms with E-state index in [-0.39, 0.29) is 0 Å². The molecular weight excluding hydrogens is 166 g/mol. The predicted octanol–water partition coefficient (Wildman–Crippen LogP) is 2.22. The highest BCUT2D eigenvalue weighted by Crippen LogP contribution is 2.39. The van der Waals surface area contributed by atoms with Gasteiger partial charge in [-0.3, -0.25) is 4.90 Å². The first-order chi connectivity index (χ1) is 5.59. The SMILES string of the molecule is CC(C)(C)N1CCC2CSCC21. The monoisotopic (exact) mass is 185 g/mol. The number of nitrogens with zero attached hydrogens (tertiary/aromatic N) is 1. The van der Waals surface area contributed by atoms with Crippen molar-refractivity contribution in [2.75, 3.05) is 18.1 Å². The molecular formula is C10H19NS. The fraction of sp³-hybridized carbons (Fsp3) is 1.00. The van der Waals surface area contributed by atoms with Gasteiger partial charge in [0.15, 0.2) is 0 Å². The van der Waals surface area contributed by atoms with Gasteiger partial charge in [0.05, 0.1) is 0 Å². The number of fused-ring (bicyclic) bond motifs is 1. The lowest BCUT2D eigenvalue weighted by molar-refractivity contribution is 0.125. The maximum atomic E-state index is 2.71. The normalized spacial score (nSPS) is 37.2. The fourth-order valence-electron chi connectivity index (χ4n) is 2.51. The van der Waals surface area contributed by atoms with Crippen molar-refractivity contribution in [3.8, 4) is 0 Å². The van der Waals surface area contributed by atoms with Crippen LogP contribution in [0.4, 0.5) is 0 Å². The molecule has 2 rings (SSSR count). The summed E-state index contributed by atoms with van der Waals surface area (Å²) < 4.78 is 0. The molecule has 2 aliphatic rings. The molecule has 12 heavy (non-hydrogen) atoms. The summed E-state index contributed by atoms with van der Waals surface area (Å²) in [6, 6.07) is 0.898. The van der Waals surface area contributed by atoms with Gasteiger partial charge in [0.25, 0.3) is 0 Å². The molecule has 0 N–H and O–H groups in total. The lowest BCUT2D eigenvalue weighted by Crippen LogP contribution is -2.45. The van der Waals surface area contributed by atoms with E-state index in [1.54, 1.807) is 0 Å². The highest BCUT2D eigenvalue weighted by molar-refractivity contribution is 7.99. The summed E-state index contributed by atoms with van der Waals surface area (Å²) in [7, 11) is 0. The summed E-state index contributed by atoms with van der Waals surface area (Å²) in [6.45, 7) is 8.37. The third-order valence-electron chi connectivity index (χ3n) is 3.17. The Bertz CT molecular complexity index is 173. The molecule has 0 aromatic carbocycles. The maximum absolute atomic E-state index is 2.71. The van der Waals surface area contributed by atoms with Crippen LogP contribution in [0.3, 0.4) is 0 Å². The number of likely N-dealkylation sites (tertiary alicyclic amines) is 1. The molecule has 0 saturated carbocycles. The van der Waals surface area contributed by atoms with Gasteiger partial charge in [-0.1, -0.05) is 0 Å². The Morgan fingerprint density at radius 3 is 2.67 bits per heavy atom. The van der Waals surface area contributed by atoms with E-state index >= 15 is 0 Å². The molecule has 2 heterocycles. The summed E-state index contributed by atoms with van der Waals surface area (Å²) in [5.41, 5.74) is 0.393. The Morgan fingerprint density at radius 1 is 1.25 bits per heavy atom. The van der Waals surface area contributed by atoms with Crippen molar-refractivity contribution in [2.24, 2.45) is 5.92 Å². The summed E-state index contributed by atoms with van der Waals surface area (Å²) in [6.07, 6.45) is 1.44. The topological polar surface area (TPSA) is 3.24 Å². The van der Waals surface area contributed by atoms with E-state index in [4.69, 9.17) is 0 Å². The number of rotatable bonds is 0. The van der Waals surface area contributed by atoms with E-state index in [0.717, 1.165) is 12.0 Å². The van der Waals surface area contributed by atoms with Crippen molar-refractivity contribution in [2.45, 2.75) is 38.8 Å². The first kappa shape index (κ1) is 8.89. The van der Waals surface area contributed by atoms with Gasteiger partial charge in [-0.2, -0.15) is 11.8 Å². The first-order valence-electron chi connectivity index (χ1n) is 4.93. The first-order valence-corrected chi connectivity index (χ1v) is 6.09. The fourth-order valence-corrected chi connectivity index (χ4v) is 4.03. The van der Waals surface area contributed by atoms with Crippen molar-refractivity contribution in [1.29, 1.82) is 0 Å². The van der Waals surface area contributed by atoms with Gasteiger partial charge in [-0.15, -0.1) is 0 Å². The quantitative estimate of drug-likeness (QED) is 0.569. The van der Waals surface area contributed by atoms with Crippen LogP contribution in [0.25, 0.3) is 0 Å². The molecule has 0 spiro atoms. The van der Waals surface area contributed by atoms with Crippen molar-refractivity contribution in [1.82, 2.24) is 4.90 Å². The third kappa shape index (κ3) is 1.39. The molecule has 2 saturated heterocycles. The summed E-state index contributed by atoms with van der Waals surface area (Å²) in [5.74, 6) is 3.80. The Hall–Kier alpha value is 0.310. The van der Waals surface area contributed by atoms with Gasteiger partial charge >= 0.3 is 0 Å². The molecule has 0 amide bonds. The third-order valence-corrected chi connectivity index (χ3v) is 4.41. The summed E-state index contributed by atoms with van der Waals surface area (Å²) >= 11 is 2.14. The molecule has 1 nitrogen and oxygen atoms in total. The molecule has 2 atom stereocenters. The molecule has 2 aliphatic heterocycles. The van der Waals surface area contributed by atoms with Gasteiger partial charge in [0, 0.05) is 17.3 Å². The highest BCUT2D eigenvalue weighted by atomic mass is 32.2. The molecule has 0 bridgehead atoms. The lowest BCUT2D eigenvalue weighted by atomic mass is 10.0. The Labute approximate surface area is 79.9 Å². The maximum Gasteiger partial charge on any atom is 0.0228 e. The minimum Gasteiger partial charge on any atom is -0.294 e. The highest BCUT2D eigenvalue weighted by Gasteiger charge is 2.42.